The number of nitrogens with one attached hydrogen (secondary N) is 2. The van der Waals surface area contributed by atoms with Crippen molar-refractivity contribution >= 4 is 17.5 Å². The topological polar surface area (TPSA) is 89.8 Å². The summed E-state index contributed by atoms with van der Waals surface area (Å²) in [6, 6.07) is 15.7. The molecule has 0 spiro atoms. The van der Waals surface area contributed by atoms with Crippen molar-refractivity contribution in [2.24, 2.45) is 0 Å². The lowest BCUT2D eigenvalue weighted by atomic mass is 10.1. The van der Waals surface area contributed by atoms with Crippen LogP contribution in [0.25, 0.3) is 0 Å². The van der Waals surface area contributed by atoms with Crippen molar-refractivity contribution < 1.29 is 23.5 Å². The molecule has 4 rings (SSSR count). The number of hydrogen-bond donors (Lipinski definition) is 2. The highest BCUT2D eigenvalue weighted by atomic mass is 16.7. The number of carbonyl (C=O) groups is 2. The summed E-state index contributed by atoms with van der Waals surface area (Å²) in [4.78, 5) is 25.1. The molecule has 2 aromatic carbocycles. The summed E-state index contributed by atoms with van der Waals surface area (Å²) >= 11 is 0. The summed E-state index contributed by atoms with van der Waals surface area (Å²) in [5.74, 6) is 1.59. The van der Waals surface area contributed by atoms with Crippen LogP contribution in [-0.2, 0) is 13.0 Å². The van der Waals surface area contributed by atoms with Gasteiger partial charge in [0.1, 0.15) is 5.76 Å². The van der Waals surface area contributed by atoms with Gasteiger partial charge < -0.3 is 24.5 Å². The fourth-order valence-corrected chi connectivity index (χ4v) is 2.99. The zero-order valence-corrected chi connectivity index (χ0v) is 15.9. The minimum absolute atomic E-state index is 0.202. The molecule has 1 aliphatic rings. The second-order valence-electron chi connectivity index (χ2n) is 6.49. The van der Waals surface area contributed by atoms with Gasteiger partial charge in [0.2, 0.25) is 6.79 Å². The predicted octanol–water partition coefficient (Wildman–Crippen LogP) is 3.75. The molecular formula is C22H20N2O5. The van der Waals surface area contributed by atoms with Crippen LogP contribution < -0.4 is 20.1 Å². The Balaban J connectivity index is 1.44. The summed E-state index contributed by atoms with van der Waals surface area (Å²) in [5.41, 5.74) is 1.66. The molecule has 2 heterocycles. The molecule has 0 bridgehead atoms. The first-order chi connectivity index (χ1) is 14.1. The molecule has 0 aliphatic carbocycles. The van der Waals surface area contributed by atoms with Crippen LogP contribution in [0.1, 0.15) is 39.2 Å². The van der Waals surface area contributed by atoms with Crippen LogP contribution in [0.3, 0.4) is 0 Å². The van der Waals surface area contributed by atoms with Gasteiger partial charge in [-0.15, -0.1) is 0 Å². The first-order valence-electron chi connectivity index (χ1n) is 9.30. The van der Waals surface area contributed by atoms with E-state index in [2.05, 4.69) is 10.6 Å². The first kappa shape index (κ1) is 18.6. The quantitative estimate of drug-likeness (QED) is 0.667. The van der Waals surface area contributed by atoms with Crippen molar-refractivity contribution in [3.8, 4) is 11.5 Å². The van der Waals surface area contributed by atoms with Crippen LogP contribution in [0.15, 0.2) is 59.0 Å². The van der Waals surface area contributed by atoms with Gasteiger partial charge in [-0.05, 0) is 42.0 Å². The van der Waals surface area contributed by atoms with Gasteiger partial charge in [-0.1, -0.05) is 25.1 Å². The molecule has 148 valence electrons. The number of carbonyl (C=O) groups excluding carboxylic acids is 2. The fraction of sp³-hybridized carbons (Fsp3) is 0.182. The van der Waals surface area contributed by atoms with Crippen molar-refractivity contribution in [1.82, 2.24) is 5.32 Å². The Labute approximate surface area is 167 Å². The molecule has 0 unspecified atom stereocenters. The van der Waals surface area contributed by atoms with Gasteiger partial charge in [-0.2, -0.15) is 0 Å². The zero-order valence-electron chi connectivity index (χ0n) is 15.9. The van der Waals surface area contributed by atoms with E-state index in [1.165, 1.54) is 0 Å². The lowest BCUT2D eigenvalue weighted by molar-refractivity contribution is 0.0951. The maximum atomic E-state index is 12.7. The van der Waals surface area contributed by atoms with E-state index >= 15 is 0 Å². The SMILES string of the molecule is CCc1ccc(C(=O)Nc2ccccc2C(=O)NCc2ccc3c(c2)OCO3)o1. The third kappa shape index (κ3) is 4.08. The lowest BCUT2D eigenvalue weighted by Crippen LogP contribution is -2.24. The second-order valence-corrected chi connectivity index (χ2v) is 6.49. The van der Waals surface area contributed by atoms with E-state index in [0.717, 1.165) is 11.3 Å². The van der Waals surface area contributed by atoms with Crippen LogP contribution >= 0.6 is 0 Å². The maximum Gasteiger partial charge on any atom is 0.291 e. The van der Waals surface area contributed by atoms with Gasteiger partial charge >= 0.3 is 0 Å². The van der Waals surface area contributed by atoms with Gasteiger partial charge in [-0.3, -0.25) is 9.59 Å². The highest BCUT2D eigenvalue weighted by Gasteiger charge is 2.17. The summed E-state index contributed by atoms with van der Waals surface area (Å²) in [6.07, 6.45) is 0.701. The Morgan fingerprint density at radius 1 is 0.966 bits per heavy atom. The van der Waals surface area contributed by atoms with E-state index in [1.54, 1.807) is 36.4 Å². The molecule has 2 amide bonds. The van der Waals surface area contributed by atoms with Gasteiger partial charge in [0, 0.05) is 13.0 Å². The second kappa shape index (κ2) is 8.10. The van der Waals surface area contributed by atoms with Crippen molar-refractivity contribution in [1.29, 1.82) is 0 Å². The number of para-hydroxylation sites is 1. The van der Waals surface area contributed by atoms with Crippen LogP contribution in [0.5, 0.6) is 11.5 Å². The standard InChI is InChI=1S/C22H20N2O5/c1-2-15-8-10-19(29-15)22(26)24-17-6-4-3-5-16(17)21(25)23-12-14-7-9-18-20(11-14)28-13-27-18/h3-11H,2,12-13H2,1H3,(H,23,25)(H,24,26). The largest absolute Gasteiger partial charge is 0.456 e. The maximum absolute atomic E-state index is 12.7. The first-order valence-corrected chi connectivity index (χ1v) is 9.30. The van der Waals surface area contributed by atoms with Crippen LogP contribution in [0, 0.1) is 0 Å². The average molecular weight is 392 g/mol. The van der Waals surface area contributed by atoms with Crippen molar-refractivity contribution in [2.45, 2.75) is 19.9 Å². The van der Waals surface area contributed by atoms with Crippen LogP contribution in [0.4, 0.5) is 5.69 Å². The number of ether oxygens (including phenoxy) is 2. The number of furan rings is 1. The van der Waals surface area contributed by atoms with Crippen molar-refractivity contribution in [2.75, 3.05) is 12.1 Å². The highest BCUT2D eigenvalue weighted by molar-refractivity contribution is 6.07. The smallest absolute Gasteiger partial charge is 0.291 e. The number of hydrogen-bond acceptors (Lipinski definition) is 5. The van der Waals surface area contributed by atoms with E-state index in [9.17, 15) is 9.59 Å². The van der Waals surface area contributed by atoms with Crippen LogP contribution in [-0.4, -0.2) is 18.6 Å². The molecule has 7 nitrogen and oxygen atoms in total. The average Bonchev–Trinajstić information content (AvgIpc) is 3.41. The number of amides is 2. The van der Waals surface area contributed by atoms with Gasteiger partial charge in [0.15, 0.2) is 17.3 Å². The Hall–Kier alpha value is -3.74. The van der Waals surface area contributed by atoms with Gasteiger partial charge in [-0.25, -0.2) is 0 Å². The van der Waals surface area contributed by atoms with E-state index < -0.39 is 5.91 Å². The summed E-state index contributed by atoms with van der Waals surface area (Å²) in [7, 11) is 0. The Morgan fingerprint density at radius 2 is 1.79 bits per heavy atom. The molecule has 2 N–H and O–H groups in total. The number of fused-ring (bicyclic) bond motifs is 1. The molecule has 0 atom stereocenters. The molecule has 3 aromatic rings. The monoisotopic (exact) mass is 392 g/mol. The van der Waals surface area contributed by atoms with E-state index in [0.29, 0.717) is 35.7 Å². The number of anilines is 1. The molecule has 0 fully saturated rings. The molecule has 7 heteroatoms. The molecular weight excluding hydrogens is 372 g/mol. The lowest BCUT2D eigenvalue weighted by Gasteiger charge is -2.11. The summed E-state index contributed by atoms with van der Waals surface area (Å²) < 4.78 is 16.1. The molecule has 1 aromatic heterocycles. The summed E-state index contributed by atoms with van der Waals surface area (Å²) in [5, 5.41) is 5.61. The highest BCUT2D eigenvalue weighted by Crippen LogP contribution is 2.32. The van der Waals surface area contributed by atoms with E-state index in [-0.39, 0.29) is 18.5 Å². The van der Waals surface area contributed by atoms with Crippen LogP contribution in [0.2, 0.25) is 0 Å². The van der Waals surface area contributed by atoms with Crippen molar-refractivity contribution in [3.05, 3.63) is 77.2 Å². The third-order valence-electron chi connectivity index (χ3n) is 4.54. The van der Waals surface area contributed by atoms with Gasteiger partial charge in [0.25, 0.3) is 11.8 Å². The molecule has 29 heavy (non-hydrogen) atoms. The van der Waals surface area contributed by atoms with Gasteiger partial charge in [0.05, 0.1) is 11.3 Å². The normalized spacial score (nSPS) is 11.9. The zero-order chi connectivity index (χ0) is 20.2. The fourth-order valence-electron chi connectivity index (χ4n) is 2.99. The van der Waals surface area contributed by atoms with E-state index in [4.69, 9.17) is 13.9 Å². The summed E-state index contributed by atoms with van der Waals surface area (Å²) in [6.45, 7) is 2.46. The number of rotatable bonds is 6. The molecule has 1 aliphatic heterocycles. The Morgan fingerprint density at radius 3 is 2.62 bits per heavy atom. The minimum Gasteiger partial charge on any atom is -0.456 e. The molecule has 0 radical (unpaired) electrons. The third-order valence-corrected chi connectivity index (χ3v) is 4.54. The van der Waals surface area contributed by atoms with Crippen molar-refractivity contribution in [3.63, 3.8) is 0 Å². The minimum atomic E-state index is -0.402. The Bertz CT molecular complexity index is 1060. The molecule has 0 saturated heterocycles. The Kier molecular flexibility index (Phi) is 5.20. The predicted molar refractivity (Wildman–Crippen MR) is 106 cm³/mol. The van der Waals surface area contributed by atoms with E-state index in [1.807, 2.05) is 25.1 Å². The molecule has 0 saturated carbocycles. The number of aryl methyl sites for hydroxylation is 1. The number of benzene rings is 2.